The van der Waals surface area contributed by atoms with Crippen molar-refractivity contribution in [2.24, 2.45) is 0 Å². The number of fused-ring (bicyclic) bond motifs is 12. The summed E-state index contributed by atoms with van der Waals surface area (Å²) in [4.78, 5) is 4.47. The van der Waals surface area contributed by atoms with Crippen LogP contribution in [-0.2, 0) is 0 Å². The molecule has 8 heterocycles. The van der Waals surface area contributed by atoms with E-state index in [1.54, 1.807) is 6.20 Å². The van der Waals surface area contributed by atoms with Gasteiger partial charge in [0.05, 0.1) is 16.3 Å². The fourth-order valence-corrected chi connectivity index (χ4v) is 7.80. The molecule has 10 nitrogen and oxygen atoms in total. The Kier molecular flexibility index (Phi) is 3.95. The molecular formula is C34H19B2N6O4+. The number of benzene rings is 4. The van der Waals surface area contributed by atoms with Gasteiger partial charge >= 0.3 is 20.0 Å². The van der Waals surface area contributed by atoms with Crippen molar-refractivity contribution in [2.45, 2.75) is 0 Å². The van der Waals surface area contributed by atoms with Gasteiger partial charge in [0.1, 0.15) is 35.4 Å². The molecule has 0 fully saturated rings. The lowest BCUT2D eigenvalue weighted by Crippen LogP contribution is -2.52. The van der Waals surface area contributed by atoms with Crippen LogP contribution in [0, 0.1) is 0 Å². The summed E-state index contributed by atoms with van der Waals surface area (Å²) in [6.07, 6.45) is 7.80. The smallest absolute Gasteiger partial charge is 0.442 e. The maximum absolute atomic E-state index is 6.90. The van der Waals surface area contributed by atoms with Gasteiger partial charge in [0.15, 0.2) is 5.88 Å². The fourth-order valence-electron chi connectivity index (χ4n) is 7.80. The summed E-state index contributed by atoms with van der Waals surface area (Å²) in [5, 5.41) is 2.16. The van der Waals surface area contributed by atoms with E-state index in [0.717, 1.165) is 73.2 Å². The van der Waals surface area contributed by atoms with E-state index in [-0.39, 0.29) is 14.0 Å². The standard InChI is InChI=1S/C34H19B2N6O4/c1-3-9-22-20(7-1)19-28-41(22)36-30-24(43-28)11-5-12-25(30)44-32-31(21-8-2-4-10-23(21)42(32)36)38-17-18-40-34(38)46-27-14-6-13-26-29(27)35(40)39-16-15-37-33(39)45-26/h1-19H/q+1. The number of para-hydroxylation sites is 2. The molecule has 0 spiro atoms. The first-order valence-electron chi connectivity index (χ1n) is 15.2. The van der Waals surface area contributed by atoms with Crippen molar-refractivity contribution >= 4 is 46.7 Å². The largest absolute Gasteiger partial charge is 0.555 e. The van der Waals surface area contributed by atoms with Crippen LogP contribution in [0.3, 0.4) is 0 Å². The van der Waals surface area contributed by atoms with Crippen molar-refractivity contribution in [3.63, 3.8) is 0 Å². The summed E-state index contributed by atoms with van der Waals surface area (Å²) >= 11 is 0. The molecule has 0 N–H and O–H groups in total. The van der Waals surface area contributed by atoms with Crippen LogP contribution < -0.4 is 34.4 Å². The van der Waals surface area contributed by atoms with Crippen molar-refractivity contribution < 1.29 is 23.5 Å². The Labute approximate surface area is 261 Å². The Bertz CT molecular complexity index is 2650. The molecule has 12 heteroatoms. The topological polar surface area (TPSA) is 73.4 Å². The molecule has 214 valence electrons. The van der Waals surface area contributed by atoms with Crippen molar-refractivity contribution in [3.05, 3.63) is 116 Å². The van der Waals surface area contributed by atoms with E-state index in [9.17, 15) is 0 Å². The summed E-state index contributed by atoms with van der Waals surface area (Å²) in [6.45, 7) is -0.454. The second-order valence-corrected chi connectivity index (χ2v) is 11.9. The van der Waals surface area contributed by atoms with Crippen LogP contribution >= 0.6 is 0 Å². The van der Waals surface area contributed by atoms with Gasteiger partial charge in [0.25, 0.3) is 6.01 Å². The zero-order valence-electron chi connectivity index (χ0n) is 23.9. The van der Waals surface area contributed by atoms with Gasteiger partial charge in [0.2, 0.25) is 11.6 Å². The quantitative estimate of drug-likeness (QED) is 0.200. The monoisotopic (exact) mass is 597 g/mol. The average Bonchev–Trinajstić information content (AvgIpc) is 3.87. The van der Waals surface area contributed by atoms with Gasteiger partial charge in [-0.3, -0.25) is 4.48 Å². The molecule has 4 aromatic carbocycles. The number of imidazole rings is 2. The molecule has 12 rings (SSSR count). The number of hydrogen-bond acceptors (Lipinski definition) is 5. The second-order valence-electron chi connectivity index (χ2n) is 11.9. The molecule has 4 aliphatic heterocycles. The number of ether oxygens (including phenoxy) is 4. The highest BCUT2D eigenvalue weighted by Crippen LogP contribution is 2.45. The van der Waals surface area contributed by atoms with E-state index >= 15 is 0 Å². The van der Waals surface area contributed by atoms with Crippen molar-refractivity contribution in [2.75, 3.05) is 0 Å². The predicted molar refractivity (Wildman–Crippen MR) is 171 cm³/mol. The fraction of sp³-hybridized carbons (Fsp3) is 0. The molecular weight excluding hydrogens is 578 g/mol. The van der Waals surface area contributed by atoms with Crippen LogP contribution in [0.1, 0.15) is 0 Å². The summed E-state index contributed by atoms with van der Waals surface area (Å²) < 4.78 is 37.1. The van der Waals surface area contributed by atoms with E-state index in [1.807, 2.05) is 53.3 Å². The van der Waals surface area contributed by atoms with Gasteiger partial charge in [-0.05, 0) is 42.5 Å². The van der Waals surface area contributed by atoms with Crippen LogP contribution in [0.15, 0.2) is 116 Å². The number of rotatable bonds is 1. The highest BCUT2D eigenvalue weighted by Gasteiger charge is 2.50. The minimum absolute atomic E-state index is 0.222. The van der Waals surface area contributed by atoms with Crippen molar-refractivity contribution in [1.82, 2.24) is 22.9 Å². The highest BCUT2D eigenvalue weighted by molar-refractivity contribution is 6.75. The Hall–Kier alpha value is -6.29. The molecule has 4 aliphatic rings. The van der Waals surface area contributed by atoms with Crippen molar-refractivity contribution in [1.29, 1.82) is 0 Å². The maximum Gasteiger partial charge on any atom is 0.555 e. The molecule has 0 radical (unpaired) electrons. The van der Waals surface area contributed by atoms with Gasteiger partial charge in [-0.25, -0.2) is 9.46 Å². The third-order valence-electron chi connectivity index (χ3n) is 9.64. The van der Waals surface area contributed by atoms with Crippen LogP contribution in [-0.4, -0.2) is 36.9 Å². The molecule has 0 unspecified atom stereocenters. The minimum atomic E-state index is -0.232. The van der Waals surface area contributed by atoms with Crippen molar-refractivity contribution in [3.8, 4) is 52.5 Å². The third kappa shape index (κ3) is 2.64. The Morgan fingerprint density at radius 1 is 0.630 bits per heavy atom. The Morgan fingerprint density at radius 2 is 1.37 bits per heavy atom. The lowest BCUT2D eigenvalue weighted by Gasteiger charge is -2.33. The Balaban J connectivity index is 1.15. The molecule has 0 atom stereocenters. The summed E-state index contributed by atoms with van der Waals surface area (Å²) in [7, 11) is 0. The summed E-state index contributed by atoms with van der Waals surface area (Å²) in [6, 6.07) is 32.1. The molecule has 4 aromatic heterocycles. The van der Waals surface area contributed by atoms with Crippen LogP contribution in [0.5, 0.6) is 46.8 Å². The normalized spacial score (nSPS) is 14.3. The second kappa shape index (κ2) is 7.86. The first-order valence-corrected chi connectivity index (χ1v) is 15.2. The first-order chi connectivity index (χ1) is 22.8. The molecule has 8 aromatic rings. The van der Waals surface area contributed by atoms with Gasteiger partial charge in [-0.1, -0.05) is 42.5 Å². The number of hydrogen-bond donors (Lipinski definition) is 0. The molecule has 46 heavy (non-hydrogen) atoms. The minimum Gasteiger partial charge on any atom is -0.442 e. The summed E-state index contributed by atoms with van der Waals surface area (Å²) in [5.74, 6) is 4.55. The molecule has 0 saturated carbocycles. The van der Waals surface area contributed by atoms with E-state index in [4.69, 9.17) is 18.9 Å². The number of nitrogens with zero attached hydrogens (tertiary/aromatic N) is 6. The van der Waals surface area contributed by atoms with Gasteiger partial charge in [-0.2, -0.15) is 4.57 Å². The van der Waals surface area contributed by atoms with E-state index in [0.29, 0.717) is 12.0 Å². The lowest BCUT2D eigenvalue weighted by molar-refractivity contribution is -0.599. The van der Waals surface area contributed by atoms with Crippen LogP contribution in [0.25, 0.3) is 27.5 Å². The van der Waals surface area contributed by atoms with Crippen LogP contribution in [0.2, 0.25) is 0 Å². The lowest BCUT2D eigenvalue weighted by atomic mass is 9.64. The van der Waals surface area contributed by atoms with Gasteiger partial charge in [-0.15, -0.1) is 0 Å². The molecule has 0 saturated heterocycles. The average molecular weight is 597 g/mol. The Morgan fingerprint density at radius 3 is 2.26 bits per heavy atom. The highest BCUT2D eigenvalue weighted by atomic mass is 16.5. The van der Waals surface area contributed by atoms with E-state index < -0.39 is 0 Å². The zero-order valence-corrected chi connectivity index (χ0v) is 23.9. The van der Waals surface area contributed by atoms with E-state index in [2.05, 4.69) is 83.8 Å². The number of aromatic nitrogens is 6. The molecule has 0 aliphatic carbocycles. The predicted octanol–water partition coefficient (Wildman–Crippen LogP) is 4.88. The molecule has 0 amide bonds. The first kappa shape index (κ1) is 23.1. The van der Waals surface area contributed by atoms with Crippen LogP contribution in [0.4, 0.5) is 0 Å². The maximum atomic E-state index is 6.90. The zero-order chi connectivity index (χ0) is 29.7. The SMILES string of the molecule is c1cc2c3c(c1)Oc1n(cc[n+]1-c1c4n(c5ccccc15)B1c5c(cccc5O4)Oc4cc5ccccc5n41)B3n1ccnc1O2. The molecule has 0 bridgehead atoms. The summed E-state index contributed by atoms with van der Waals surface area (Å²) in [5.41, 5.74) is 4.97. The van der Waals surface area contributed by atoms with Gasteiger partial charge in [0, 0.05) is 34.9 Å². The van der Waals surface area contributed by atoms with E-state index in [1.165, 1.54) is 0 Å². The third-order valence-corrected chi connectivity index (χ3v) is 9.64. The van der Waals surface area contributed by atoms with Gasteiger partial charge < -0.3 is 27.9 Å².